The number of halogens is 3. The largest absolute Gasteiger partial charge is 0.401 e. The zero-order chi connectivity index (χ0) is 15.2. The zero-order valence-electron chi connectivity index (χ0n) is 11.8. The number of ketones is 1. The Morgan fingerprint density at radius 3 is 2.20 bits per heavy atom. The van der Waals surface area contributed by atoms with Crippen LogP contribution in [-0.2, 0) is 6.42 Å². The SMILES string of the molecule is CCCN(CC(=O)c1ccc(CC)cc1)CC(F)(F)F. The molecule has 5 heteroatoms. The summed E-state index contributed by atoms with van der Waals surface area (Å²) in [5, 5.41) is 0. The molecule has 112 valence electrons. The predicted octanol–water partition coefficient (Wildman–Crippen LogP) is 3.71. The summed E-state index contributed by atoms with van der Waals surface area (Å²) < 4.78 is 37.3. The second-order valence-corrected chi connectivity index (χ2v) is 4.80. The van der Waals surface area contributed by atoms with Crippen LogP contribution in [0.4, 0.5) is 13.2 Å². The third kappa shape index (κ3) is 5.74. The number of benzene rings is 1. The lowest BCUT2D eigenvalue weighted by atomic mass is 10.1. The maximum absolute atomic E-state index is 12.4. The summed E-state index contributed by atoms with van der Waals surface area (Å²) in [4.78, 5) is 13.2. The van der Waals surface area contributed by atoms with Gasteiger partial charge >= 0.3 is 6.18 Å². The Morgan fingerprint density at radius 2 is 1.75 bits per heavy atom. The highest BCUT2D eigenvalue weighted by Crippen LogP contribution is 2.17. The minimum absolute atomic E-state index is 0.196. The fourth-order valence-electron chi connectivity index (χ4n) is 2.00. The predicted molar refractivity (Wildman–Crippen MR) is 72.9 cm³/mol. The highest BCUT2D eigenvalue weighted by atomic mass is 19.4. The first-order valence-corrected chi connectivity index (χ1v) is 6.77. The summed E-state index contributed by atoms with van der Waals surface area (Å²) in [6.07, 6.45) is -2.83. The summed E-state index contributed by atoms with van der Waals surface area (Å²) in [5.74, 6) is -0.273. The van der Waals surface area contributed by atoms with Gasteiger partial charge in [-0.3, -0.25) is 9.69 Å². The van der Waals surface area contributed by atoms with Crippen molar-refractivity contribution < 1.29 is 18.0 Å². The number of alkyl halides is 3. The average Bonchev–Trinajstić information content (AvgIpc) is 2.37. The van der Waals surface area contributed by atoms with E-state index in [4.69, 9.17) is 0 Å². The molecule has 2 nitrogen and oxygen atoms in total. The van der Waals surface area contributed by atoms with Crippen molar-refractivity contribution >= 4 is 5.78 Å². The third-order valence-electron chi connectivity index (χ3n) is 2.99. The van der Waals surface area contributed by atoms with Crippen LogP contribution in [-0.4, -0.2) is 36.5 Å². The molecular weight excluding hydrogens is 267 g/mol. The van der Waals surface area contributed by atoms with Crippen LogP contribution < -0.4 is 0 Å². The number of nitrogens with zero attached hydrogens (tertiary/aromatic N) is 1. The summed E-state index contributed by atoms with van der Waals surface area (Å²) >= 11 is 0. The maximum Gasteiger partial charge on any atom is 0.401 e. The van der Waals surface area contributed by atoms with E-state index < -0.39 is 12.7 Å². The van der Waals surface area contributed by atoms with Crippen molar-refractivity contribution in [2.24, 2.45) is 0 Å². The minimum atomic E-state index is -4.28. The van der Waals surface area contributed by atoms with Crippen LogP contribution in [0.5, 0.6) is 0 Å². The van der Waals surface area contributed by atoms with E-state index in [-0.39, 0.29) is 18.9 Å². The van der Waals surface area contributed by atoms with Crippen molar-refractivity contribution in [2.45, 2.75) is 32.9 Å². The number of rotatable bonds is 7. The summed E-state index contributed by atoms with van der Waals surface area (Å²) in [6, 6.07) is 7.03. The van der Waals surface area contributed by atoms with Crippen LogP contribution >= 0.6 is 0 Å². The van der Waals surface area contributed by atoms with Gasteiger partial charge in [0.15, 0.2) is 5.78 Å². The van der Waals surface area contributed by atoms with Gasteiger partial charge in [0.2, 0.25) is 0 Å². The van der Waals surface area contributed by atoms with E-state index in [1.165, 1.54) is 0 Å². The molecule has 0 aliphatic heterocycles. The Balaban J connectivity index is 2.69. The van der Waals surface area contributed by atoms with Crippen molar-refractivity contribution in [1.82, 2.24) is 4.90 Å². The van der Waals surface area contributed by atoms with Gasteiger partial charge in [0.05, 0.1) is 13.1 Å². The molecule has 0 aliphatic carbocycles. The molecule has 1 aromatic carbocycles. The van der Waals surface area contributed by atoms with Gasteiger partial charge in [0.1, 0.15) is 0 Å². The Labute approximate surface area is 117 Å². The Bertz CT molecular complexity index is 426. The summed E-state index contributed by atoms with van der Waals surface area (Å²) in [5.41, 5.74) is 1.56. The molecule has 0 radical (unpaired) electrons. The second-order valence-electron chi connectivity index (χ2n) is 4.80. The Hall–Kier alpha value is -1.36. The molecule has 0 spiro atoms. The van der Waals surface area contributed by atoms with E-state index in [1.54, 1.807) is 19.1 Å². The molecule has 1 rings (SSSR count). The highest BCUT2D eigenvalue weighted by molar-refractivity contribution is 5.97. The molecule has 0 heterocycles. The average molecular weight is 287 g/mol. The topological polar surface area (TPSA) is 20.3 Å². The molecule has 20 heavy (non-hydrogen) atoms. The van der Waals surface area contributed by atoms with E-state index in [9.17, 15) is 18.0 Å². The van der Waals surface area contributed by atoms with Gasteiger partial charge in [-0.05, 0) is 24.9 Å². The lowest BCUT2D eigenvalue weighted by Crippen LogP contribution is -2.38. The maximum atomic E-state index is 12.4. The normalized spacial score (nSPS) is 11.9. The van der Waals surface area contributed by atoms with Crippen LogP contribution in [0.3, 0.4) is 0 Å². The Morgan fingerprint density at radius 1 is 1.15 bits per heavy atom. The fraction of sp³-hybridized carbons (Fsp3) is 0.533. The first kappa shape index (κ1) is 16.7. The highest BCUT2D eigenvalue weighted by Gasteiger charge is 2.31. The number of carbonyl (C=O) groups is 1. The number of hydrogen-bond acceptors (Lipinski definition) is 2. The van der Waals surface area contributed by atoms with E-state index in [0.717, 1.165) is 16.9 Å². The van der Waals surface area contributed by atoms with Crippen LogP contribution in [0.25, 0.3) is 0 Å². The van der Waals surface area contributed by atoms with Gasteiger partial charge in [-0.15, -0.1) is 0 Å². The first-order chi connectivity index (χ1) is 9.35. The van der Waals surface area contributed by atoms with Crippen molar-refractivity contribution in [1.29, 1.82) is 0 Å². The molecule has 0 atom stereocenters. The molecule has 0 aromatic heterocycles. The molecule has 0 saturated carbocycles. The van der Waals surface area contributed by atoms with Crippen molar-refractivity contribution in [3.8, 4) is 0 Å². The van der Waals surface area contributed by atoms with E-state index in [0.29, 0.717) is 12.0 Å². The lowest BCUT2D eigenvalue weighted by molar-refractivity contribution is -0.144. The van der Waals surface area contributed by atoms with Crippen LogP contribution in [0.15, 0.2) is 24.3 Å². The van der Waals surface area contributed by atoms with Gasteiger partial charge in [0.25, 0.3) is 0 Å². The lowest BCUT2D eigenvalue weighted by Gasteiger charge is -2.22. The van der Waals surface area contributed by atoms with Crippen LogP contribution in [0.1, 0.15) is 36.2 Å². The van der Waals surface area contributed by atoms with Crippen molar-refractivity contribution in [2.75, 3.05) is 19.6 Å². The molecule has 1 aromatic rings. The first-order valence-electron chi connectivity index (χ1n) is 6.77. The standard InChI is InChI=1S/C15H20F3NO/c1-3-9-19(11-15(16,17)18)10-14(20)13-7-5-12(4-2)6-8-13/h5-8H,3-4,9-11H2,1-2H3. The number of carbonyl (C=O) groups excluding carboxylic acids is 1. The fourth-order valence-corrected chi connectivity index (χ4v) is 2.00. The van der Waals surface area contributed by atoms with Gasteiger partial charge in [-0.2, -0.15) is 13.2 Å². The molecule has 0 amide bonds. The molecule has 0 saturated heterocycles. The third-order valence-corrected chi connectivity index (χ3v) is 2.99. The molecule has 0 aliphatic rings. The van der Waals surface area contributed by atoms with Gasteiger partial charge in [-0.25, -0.2) is 0 Å². The van der Waals surface area contributed by atoms with Gasteiger partial charge in [0, 0.05) is 5.56 Å². The molecular formula is C15H20F3NO. The number of hydrogen-bond donors (Lipinski definition) is 0. The monoisotopic (exact) mass is 287 g/mol. The molecule has 0 N–H and O–H groups in total. The summed E-state index contributed by atoms with van der Waals surface area (Å²) in [6.45, 7) is 2.82. The molecule has 0 fully saturated rings. The number of Topliss-reactive ketones (excluding diaryl/α,β-unsaturated/α-hetero) is 1. The van der Waals surface area contributed by atoms with E-state index in [1.807, 2.05) is 19.1 Å². The van der Waals surface area contributed by atoms with Crippen LogP contribution in [0, 0.1) is 0 Å². The van der Waals surface area contributed by atoms with E-state index in [2.05, 4.69) is 0 Å². The second kappa shape index (κ2) is 7.43. The van der Waals surface area contributed by atoms with Gasteiger partial charge in [-0.1, -0.05) is 38.1 Å². The van der Waals surface area contributed by atoms with Gasteiger partial charge < -0.3 is 0 Å². The van der Waals surface area contributed by atoms with Crippen molar-refractivity contribution in [3.05, 3.63) is 35.4 Å². The molecule has 0 bridgehead atoms. The van der Waals surface area contributed by atoms with Crippen molar-refractivity contribution in [3.63, 3.8) is 0 Å². The van der Waals surface area contributed by atoms with E-state index >= 15 is 0 Å². The minimum Gasteiger partial charge on any atom is -0.293 e. The molecule has 0 unspecified atom stereocenters. The quantitative estimate of drug-likeness (QED) is 0.713. The van der Waals surface area contributed by atoms with Crippen LogP contribution in [0.2, 0.25) is 0 Å². The summed E-state index contributed by atoms with van der Waals surface area (Å²) in [7, 11) is 0. The Kier molecular flexibility index (Phi) is 6.20. The zero-order valence-corrected chi connectivity index (χ0v) is 11.8. The smallest absolute Gasteiger partial charge is 0.293 e. The number of aryl methyl sites for hydroxylation is 1.